The number of benzene rings is 2. The number of nitrogens with zero attached hydrogens (tertiary/aromatic N) is 3. The number of aromatic nitrogens is 3. The number of halogens is 2. The number of fused-ring (bicyclic) bond motifs is 1. The summed E-state index contributed by atoms with van der Waals surface area (Å²) < 4.78 is 38.6. The fraction of sp³-hybridized carbons (Fsp3) is 0.217. The summed E-state index contributed by atoms with van der Waals surface area (Å²) in [5.41, 5.74) is 1.51. The molecule has 5 nitrogen and oxygen atoms in total. The van der Waals surface area contributed by atoms with Crippen LogP contribution in [0.15, 0.2) is 58.7 Å². The van der Waals surface area contributed by atoms with Gasteiger partial charge in [-0.1, -0.05) is 30.0 Å². The Bertz CT molecular complexity index is 1280. The van der Waals surface area contributed by atoms with Crippen LogP contribution in [0.1, 0.15) is 29.8 Å². The second kappa shape index (κ2) is 8.55. The van der Waals surface area contributed by atoms with Crippen LogP contribution in [0, 0.1) is 18.6 Å². The molecular weight excluding hydrogens is 420 g/mol. The number of carbonyl (C=O) groups is 1. The summed E-state index contributed by atoms with van der Waals surface area (Å²) in [6.07, 6.45) is 5.27. The fourth-order valence-electron chi connectivity index (χ4n) is 3.36. The van der Waals surface area contributed by atoms with Crippen molar-refractivity contribution in [3.8, 4) is 5.69 Å². The molecule has 2 aromatic heterocycles. The van der Waals surface area contributed by atoms with Crippen molar-refractivity contribution >= 4 is 28.6 Å². The molecule has 0 radical (unpaired) electrons. The molecule has 31 heavy (non-hydrogen) atoms. The van der Waals surface area contributed by atoms with Gasteiger partial charge in [0.2, 0.25) is 0 Å². The fourth-order valence-corrected chi connectivity index (χ4v) is 4.38. The number of hydrogen-bond acceptors (Lipinski definition) is 4. The van der Waals surface area contributed by atoms with Crippen molar-refractivity contribution in [2.75, 3.05) is 6.61 Å². The highest BCUT2D eigenvalue weighted by Crippen LogP contribution is 2.39. The Balaban J connectivity index is 1.83. The minimum Gasteiger partial charge on any atom is -0.462 e. The topological polar surface area (TPSA) is 49.1 Å². The van der Waals surface area contributed by atoms with Crippen LogP contribution in [0.5, 0.6) is 0 Å². The van der Waals surface area contributed by atoms with E-state index in [1.54, 1.807) is 53.7 Å². The lowest BCUT2D eigenvalue weighted by Gasteiger charge is -2.07. The van der Waals surface area contributed by atoms with Gasteiger partial charge in [-0.2, -0.15) is 5.10 Å². The van der Waals surface area contributed by atoms with Gasteiger partial charge in [0.05, 0.1) is 29.6 Å². The molecule has 0 bridgehead atoms. The van der Waals surface area contributed by atoms with Crippen molar-refractivity contribution in [1.82, 2.24) is 14.3 Å². The number of esters is 1. The summed E-state index contributed by atoms with van der Waals surface area (Å²) in [5, 5.41) is 4.93. The van der Waals surface area contributed by atoms with Crippen LogP contribution in [0.4, 0.5) is 8.78 Å². The second-order valence-electron chi connectivity index (χ2n) is 6.95. The van der Waals surface area contributed by atoms with Crippen LogP contribution in [0.2, 0.25) is 0 Å². The third-order valence-corrected chi connectivity index (χ3v) is 6.04. The Morgan fingerprint density at radius 1 is 1.10 bits per heavy atom. The summed E-state index contributed by atoms with van der Waals surface area (Å²) in [6, 6.07) is 8.11. The van der Waals surface area contributed by atoms with E-state index in [9.17, 15) is 4.79 Å². The van der Waals surface area contributed by atoms with Gasteiger partial charge in [-0.15, -0.1) is 0 Å². The number of rotatable bonds is 6. The summed E-state index contributed by atoms with van der Waals surface area (Å²) in [4.78, 5) is 13.0. The highest BCUT2D eigenvalue weighted by molar-refractivity contribution is 7.99. The van der Waals surface area contributed by atoms with E-state index in [0.717, 1.165) is 11.8 Å². The predicted molar refractivity (Wildman–Crippen MR) is 116 cm³/mol. The molecule has 8 heteroatoms. The molecule has 0 atom stereocenters. The second-order valence-corrected chi connectivity index (χ2v) is 8.03. The normalized spacial score (nSPS) is 11.3. The van der Waals surface area contributed by atoms with Gasteiger partial charge in [0, 0.05) is 34.1 Å². The maximum Gasteiger partial charge on any atom is 0.341 e. The van der Waals surface area contributed by atoms with Gasteiger partial charge >= 0.3 is 5.97 Å². The lowest BCUT2D eigenvalue weighted by molar-refractivity contribution is 0.0520. The molecule has 4 aromatic rings. The molecule has 0 aliphatic heterocycles. The van der Waals surface area contributed by atoms with E-state index in [0.29, 0.717) is 33.6 Å². The first kappa shape index (κ1) is 21.1. The maximum atomic E-state index is 15.1. The third kappa shape index (κ3) is 3.83. The number of carbonyl (C=O) groups excluding carboxylic acids is 1. The van der Waals surface area contributed by atoms with Crippen molar-refractivity contribution in [3.05, 3.63) is 71.7 Å². The van der Waals surface area contributed by atoms with Crippen LogP contribution >= 0.6 is 11.8 Å². The first-order valence-corrected chi connectivity index (χ1v) is 10.7. The smallest absolute Gasteiger partial charge is 0.341 e. The average molecular weight is 442 g/mol. The molecule has 0 N–H and O–H groups in total. The lowest BCUT2D eigenvalue weighted by Crippen LogP contribution is -2.07. The average Bonchev–Trinajstić information content (AvgIpc) is 3.37. The van der Waals surface area contributed by atoms with E-state index >= 15 is 8.78 Å². The van der Waals surface area contributed by atoms with E-state index in [-0.39, 0.29) is 22.9 Å². The summed E-state index contributed by atoms with van der Waals surface area (Å²) in [7, 11) is 0. The Kier molecular flexibility index (Phi) is 5.82. The number of hydrogen-bond donors (Lipinski definition) is 0. The van der Waals surface area contributed by atoms with Crippen molar-refractivity contribution in [2.24, 2.45) is 0 Å². The van der Waals surface area contributed by atoms with Crippen LogP contribution in [-0.2, 0) is 11.3 Å². The molecule has 0 aliphatic carbocycles. The number of aryl methyl sites for hydroxylation is 2. The van der Waals surface area contributed by atoms with Gasteiger partial charge in [-0.3, -0.25) is 4.68 Å². The summed E-state index contributed by atoms with van der Waals surface area (Å²) in [5.74, 6) is -1.70. The quantitative estimate of drug-likeness (QED) is 0.357. The minimum atomic E-state index is -0.710. The van der Waals surface area contributed by atoms with Gasteiger partial charge in [0.1, 0.15) is 0 Å². The van der Waals surface area contributed by atoms with Crippen LogP contribution in [-0.4, -0.2) is 26.9 Å². The number of ether oxygens (including phenoxy) is 1. The van der Waals surface area contributed by atoms with Crippen LogP contribution in [0.3, 0.4) is 0 Å². The van der Waals surface area contributed by atoms with Crippen LogP contribution < -0.4 is 0 Å². The molecule has 160 valence electrons. The predicted octanol–water partition coefficient (Wildman–Crippen LogP) is 5.76. The molecule has 0 saturated heterocycles. The molecule has 0 unspecified atom stereocenters. The highest BCUT2D eigenvalue weighted by atomic mass is 32.2. The third-order valence-electron chi connectivity index (χ3n) is 4.96. The molecular formula is C23H21F2N3O2S. The van der Waals surface area contributed by atoms with E-state index in [2.05, 4.69) is 5.10 Å². The Morgan fingerprint density at radius 3 is 2.61 bits per heavy atom. The van der Waals surface area contributed by atoms with Crippen molar-refractivity contribution in [3.63, 3.8) is 0 Å². The van der Waals surface area contributed by atoms with E-state index in [4.69, 9.17) is 4.74 Å². The Labute approximate surface area is 182 Å². The molecule has 0 fully saturated rings. The zero-order chi connectivity index (χ0) is 22.1. The van der Waals surface area contributed by atoms with E-state index in [1.807, 2.05) is 19.2 Å². The van der Waals surface area contributed by atoms with Crippen molar-refractivity contribution in [2.45, 2.75) is 37.1 Å². The standard InChI is InChI=1S/C23H21F2N3O2S/c1-4-27-12-15(11-26-27)28-13-19(16-10-9-14(3)20(24)22(16)28)31-18-8-6-7-17(21(18)25)23(29)30-5-2/h6-13H,4-5H2,1-3H3. The Hall–Kier alpha value is -3.13. The highest BCUT2D eigenvalue weighted by Gasteiger charge is 2.21. The van der Waals surface area contributed by atoms with Crippen molar-refractivity contribution in [1.29, 1.82) is 0 Å². The minimum absolute atomic E-state index is 0.123. The molecule has 4 rings (SSSR count). The monoisotopic (exact) mass is 441 g/mol. The van der Waals surface area contributed by atoms with Gasteiger partial charge in [0.25, 0.3) is 0 Å². The lowest BCUT2D eigenvalue weighted by atomic mass is 10.1. The first-order valence-electron chi connectivity index (χ1n) is 9.91. The summed E-state index contributed by atoms with van der Waals surface area (Å²) in [6.45, 7) is 6.19. The van der Waals surface area contributed by atoms with E-state index < -0.39 is 11.8 Å². The Morgan fingerprint density at radius 2 is 1.90 bits per heavy atom. The van der Waals surface area contributed by atoms with Gasteiger partial charge in [-0.05, 0) is 38.5 Å². The van der Waals surface area contributed by atoms with Crippen LogP contribution in [0.25, 0.3) is 16.6 Å². The van der Waals surface area contributed by atoms with Crippen molar-refractivity contribution < 1.29 is 18.3 Å². The molecule has 0 saturated carbocycles. The van der Waals surface area contributed by atoms with E-state index in [1.165, 1.54) is 6.07 Å². The van der Waals surface area contributed by atoms with Gasteiger partial charge < -0.3 is 9.30 Å². The zero-order valence-corrected chi connectivity index (χ0v) is 18.2. The molecule has 2 aromatic carbocycles. The first-order chi connectivity index (χ1) is 14.9. The zero-order valence-electron chi connectivity index (χ0n) is 17.4. The largest absolute Gasteiger partial charge is 0.462 e. The van der Waals surface area contributed by atoms with Gasteiger partial charge in [-0.25, -0.2) is 13.6 Å². The molecule has 0 spiro atoms. The SMILES string of the molecule is CCOC(=O)c1cccc(Sc2cn(-c3cnn(CC)c3)c3c(F)c(C)ccc23)c1F. The summed E-state index contributed by atoms with van der Waals surface area (Å²) >= 11 is 1.14. The molecule has 2 heterocycles. The maximum absolute atomic E-state index is 15.1. The molecule has 0 amide bonds. The molecule has 0 aliphatic rings. The van der Waals surface area contributed by atoms with Gasteiger partial charge in [0.15, 0.2) is 11.6 Å².